The fourth-order valence-corrected chi connectivity index (χ4v) is 14.8. The number of rotatable bonds is 35. The van der Waals surface area contributed by atoms with Crippen LogP contribution in [-0.2, 0) is 57.0 Å². The molecule has 54 heteroatoms. The minimum absolute atomic E-state index is 0. The van der Waals surface area contributed by atoms with E-state index in [0.29, 0.717) is 73.4 Å². The number of halogens is 16. The summed E-state index contributed by atoms with van der Waals surface area (Å²) < 4.78 is 281. The largest absolute Gasteiger partial charge is 1.00 e. The molecule has 0 saturated carbocycles. The van der Waals surface area contributed by atoms with Gasteiger partial charge in [-0.1, -0.05) is 96.3 Å². The van der Waals surface area contributed by atoms with Crippen molar-refractivity contribution in [3.05, 3.63) is 254 Å². The van der Waals surface area contributed by atoms with Gasteiger partial charge in [0.1, 0.15) is 51.1 Å². The van der Waals surface area contributed by atoms with Crippen molar-refractivity contribution in [3.63, 3.8) is 0 Å². The van der Waals surface area contributed by atoms with Crippen molar-refractivity contribution >= 4 is 134 Å². The Kier molecular flexibility index (Phi) is 58.7. The van der Waals surface area contributed by atoms with Gasteiger partial charge in [0.25, 0.3) is 5.69 Å². The van der Waals surface area contributed by atoms with Gasteiger partial charge in [-0.15, -0.1) is 0 Å². The fourth-order valence-electron chi connectivity index (χ4n) is 10.8. The molecule has 0 aliphatic carbocycles. The number of benzene rings is 9. The van der Waals surface area contributed by atoms with E-state index in [1.54, 1.807) is 58.0 Å². The van der Waals surface area contributed by atoms with Gasteiger partial charge in [-0.2, -0.15) is 58.8 Å². The Balaban J connectivity index is 0.00000161. The van der Waals surface area contributed by atoms with Crippen molar-refractivity contribution in [2.75, 3.05) is 87.3 Å². The Labute approximate surface area is 845 Å². The number of phenols is 1. The maximum Gasteiger partial charge on any atom is 1.00 e. The molecule has 9 aromatic rings. The topological polar surface area (TPSA) is 506 Å². The zero-order valence-electron chi connectivity index (χ0n) is 75.2. The molecule has 0 aliphatic heterocycles. The van der Waals surface area contributed by atoms with Crippen LogP contribution in [0.4, 0.5) is 69.7 Å². The Morgan fingerprint density at radius 2 is 0.791 bits per heavy atom. The molecule has 0 heterocycles. The predicted molar refractivity (Wildman–Crippen MR) is 498 cm³/mol. The summed E-state index contributed by atoms with van der Waals surface area (Å²) in [6.07, 6.45) is 6.03. The van der Waals surface area contributed by atoms with E-state index in [4.69, 9.17) is 65.6 Å². The number of nitriles is 2. The normalized spacial score (nSPS) is 11.5. The number of carboxylic acids is 1. The summed E-state index contributed by atoms with van der Waals surface area (Å²) in [5.74, 6) is -5.34. The van der Waals surface area contributed by atoms with Crippen LogP contribution >= 0.6 is 59.4 Å². The Bertz CT molecular complexity index is 6020. The quantitative estimate of drug-likeness (QED) is 0.00615. The summed E-state index contributed by atoms with van der Waals surface area (Å²) in [5.41, 5.74) is 15.2. The number of nitrogens with zero attached hydrogens (tertiary/aromatic N) is 4. The third-order valence-electron chi connectivity index (χ3n) is 16.1. The molecule has 0 spiro atoms. The number of hydrogen-bond acceptors (Lipinski definition) is 30. The first-order valence-corrected chi connectivity index (χ1v) is 50.3. The zero-order chi connectivity index (χ0) is 106. The van der Waals surface area contributed by atoms with Crippen LogP contribution in [0, 0.1) is 54.5 Å². The maximum absolute atomic E-state index is 12.6. The average Bonchev–Trinajstić information content (AvgIpc) is 0.799. The molecule has 139 heavy (non-hydrogen) atoms. The molecule has 3 unspecified atom stereocenters. The van der Waals surface area contributed by atoms with Gasteiger partial charge in [0.2, 0.25) is 5.82 Å². The van der Waals surface area contributed by atoms with Gasteiger partial charge in [0.05, 0.1) is 83.4 Å². The van der Waals surface area contributed by atoms with Crippen LogP contribution in [0.1, 0.15) is 91.4 Å². The fraction of sp³-hybridized carbons (Fsp3) is 0.329. The van der Waals surface area contributed by atoms with Crippen LogP contribution in [0.3, 0.4) is 0 Å². The van der Waals surface area contributed by atoms with E-state index in [2.05, 4.69) is 78.3 Å². The van der Waals surface area contributed by atoms with Crippen molar-refractivity contribution in [2.24, 2.45) is 5.73 Å². The van der Waals surface area contributed by atoms with Crippen molar-refractivity contribution in [1.29, 1.82) is 10.5 Å². The van der Waals surface area contributed by atoms with E-state index in [0.717, 1.165) is 53.4 Å². The first kappa shape index (κ1) is 129. The van der Waals surface area contributed by atoms with E-state index >= 15 is 0 Å². The number of nitrogens with two attached hydrogens (primary N) is 2. The summed E-state index contributed by atoms with van der Waals surface area (Å²) in [4.78, 5) is 29.3. The molecule has 9 aromatic carbocycles. The van der Waals surface area contributed by atoms with E-state index in [-0.39, 0.29) is 136 Å². The van der Waals surface area contributed by atoms with Crippen LogP contribution in [0.5, 0.6) is 57.5 Å². The Morgan fingerprint density at radius 1 is 0.475 bits per heavy atom. The van der Waals surface area contributed by atoms with Gasteiger partial charge in [-0.05, 0) is 178 Å². The van der Waals surface area contributed by atoms with E-state index < -0.39 is 129 Å². The third kappa shape index (κ3) is 54.3. The van der Waals surface area contributed by atoms with E-state index in [1.165, 1.54) is 115 Å². The van der Waals surface area contributed by atoms with Crippen molar-refractivity contribution in [1.82, 2.24) is 0 Å². The second-order valence-corrected chi connectivity index (χ2v) is 39.7. The number of nitrogen functional groups attached to an aromatic ring is 1. The Morgan fingerprint density at radius 3 is 1.12 bits per heavy atom. The van der Waals surface area contributed by atoms with Gasteiger partial charge in [-0.25, -0.2) is 38.1 Å². The van der Waals surface area contributed by atoms with Gasteiger partial charge >= 0.3 is 74.2 Å². The number of anilines is 1. The second-order valence-electron chi connectivity index (χ2n) is 27.6. The Hall–Kier alpha value is -10.3. The molecule has 0 amide bonds. The third-order valence-corrected chi connectivity index (χ3v) is 20.7. The minimum Gasteiger partial charge on any atom is -0.543 e. The smallest absolute Gasteiger partial charge is 0.543 e. The number of hydrogen-bond donors (Lipinski definition) is 5. The van der Waals surface area contributed by atoms with Crippen molar-refractivity contribution in [2.45, 2.75) is 97.2 Å². The molecule has 3 atom stereocenters. The minimum atomic E-state index is -4.22. The number of sulfone groups is 4. The van der Waals surface area contributed by atoms with Crippen molar-refractivity contribution < 1.29 is 193 Å². The molecule has 7 N–H and O–H groups in total. The van der Waals surface area contributed by atoms with Crippen LogP contribution in [-0.4, -0.2) is 185 Å². The number of aromatic hydroxyl groups is 1. The molecule has 0 aromatic heterocycles. The molecule has 9 rings (SSSR count). The molecule has 32 nitrogen and oxygen atoms in total. The van der Waals surface area contributed by atoms with Crippen LogP contribution in [0.15, 0.2) is 183 Å². The van der Waals surface area contributed by atoms with Crippen LogP contribution < -0.4 is 94.2 Å². The summed E-state index contributed by atoms with van der Waals surface area (Å²) in [7, 11) is -14.4. The number of nitro benzene ring substituents is 2. The number of nitro groups is 2. The maximum atomic E-state index is 12.6. The predicted octanol–water partition coefficient (Wildman–Crippen LogP) is 13.3. The molecule has 0 fully saturated rings. The first-order valence-electron chi connectivity index (χ1n) is 39.0. The van der Waals surface area contributed by atoms with E-state index in [1.807, 2.05) is 31.2 Å². The van der Waals surface area contributed by atoms with Gasteiger partial charge in [-0.3, -0.25) is 20.2 Å². The molecule has 758 valence electrons. The summed E-state index contributed by atoms with van der Waals surface area (Å²) in [5, 5.41) is 69.8. The molecule has 0 bridgehead atoms. The second kappa shape index (κ2) is 63.5. The SMILES string of the molecule is CCOc1cc(C#N)ccc1O.CCOc1cc(C#N)ccc1OC(F)F.CCOc1cc(C(Cc2ccc(Br)cc2N)CS(C)(=O)=O)ccc1OC(F)F.CCOc1cc(C(Cc2ccc(Br)cc2[N+](=O)[O-])CS(C)(=O)=O)ccc1OC(F)F.CCOc1cc(C(N)CS(C)(=O)=O)ccc1OC(F)F.CS(C)(=O)=O.O=C([O-])C(F)(F)Cl.O=[N+]([O-])c1cc(Br)ccc1F.OB(O)c1ccccc1F.[Na+]. The van der Waals surface area contributed by atoms with Gasteiger partial charge in [0, 0.05) is 104 Å². The number of carboxylic acid groups (broad SMARTS) is 1. The number of ether oxygens (including phenoxy) is 9. The standard InChI is InChI=1S/C19H20BrF2NO6S.C19H22BrF2NO4S.C12H17F2NO4S.C10H9F2NO2.C9H9NO2.C6H6BFO2.C6H3BrFNO2.C2HClF2O2.C2H6O2S.Na/c1-3-28-18-9-12(5-7-17(18)29-19(21)22)14(11-30(2,26)27)8-13-4-6-15(20)10-16(13)23(24)25;1-3-26-18-9-12(5-7-17(18)27-19(21)22)14(11-28(2,24)25)8-13-4-6-15(20)10-16(13)23;1-3-18-11-6-8(9(15)7-20(2,16)17)4-5-10(11)19-12(13)14;1-2-14-9-5-7(6-13)3-4-8(9)15-10(11)12;1-2-12-9-5-7(6-10)3-4-8(9)11;8-6-4-2-1-3-5(6)7(9)10;7-4-1-2-5(8)6(3-4)9(10)11;3-2(4,5)1(6)7;1-5(2,3)4;/h4-7,9-10,14,19H,3,8,11H2,1-2H3;4-7,9-10,14,19H,3,8,11,23H2,1-2H3;4-6,9,12H,3,7,15H2,1-2H3;3-5,10H,2H2,1H3;3-5,11H,2H2,1H3;1-4,9-10H;1-3H;(H,6,7);1-2H3;/q;;;;;;;;;+1/p-1. The summed E-state index contributed by atoms with van der Waals surface area (Å²) >= 11 is 13.4. The number of alkyl halides is 11. The number of carbonyl (C=O) groups is 1. The van der Waals surface area contributed by atoms with Gasteiger partial charge < -0.3 is 79.2 Å². The molecule has 0 saturated heterocycles. The monoisotopic (exact) mass is 2270 g/mol. The van der Waals surface area contributed by atoms with Crippen LogP contribution in [0.2, 0.25) is 0 Å². The van der Waals surface area contributed by atoms with Crippen LogP contribution in [0.25, 0.3) is 0 Å². The summed E-state index contributed by atoms with van der Waals surface area (Å²) in [6.45, 7) is -1.83. The summed E-state index contributed by atoms with van der Waals surface area (Å²) in [6, 6.07) is 43.4. The number of phenolic OH excluding ortho intramolecular Hbond substituents is 1. The number of aliphatic carboxylic acids is 1. The van der Waals surface area contributed by atoms with Gasteiger partial charge in [0.15, 0.2) is 57.5 Å². The first-order chi connectivity index (χ1) is 64.0. The molecule has 0 radical (unpaired) electrons. The molecular formula is C85H92BBr3ClF12N6NaO26S4. The molecule has 0 aliphatic rings. The average molecular weight is 2280 g/mol. The van der Waals surface area contributed by atoms with E-state index in [9.17, 15) is 112 Å². The van der Waals surface area contributed by atoms with Crippen molar-refractivity contribution in [3.8, 4) is 69.6 Å². The number of carbonyl (C=O) groups excluding carboxylic acids is 1. The zero-order valence-corrected chi connectivity index (χ0v) is 86.0. The molecular weight excluding hydrogens is 2190 g/mol.